The fraction of sp³-hybridized carbons (Fsp3) is 0.167. The zero-order chi connectivity index (χ0) is 29.9. The van der Waals surface area contributed by atoms with Crippen molar-refractivity contribution >= 4 is 11.8 Å². The van der Waals surface area contributed by atoms with Gasteiger partial charge >= 0.3 is 0 Å². The number of rotatable bonds is 6. The van der Waals surface area contributed by atoms with E-state index >= 15 is 4.39 Å². The molecule has 216 valence electrons. The van der Waals surface area contributed by atoms with Gasteiger partial charge in [-0.2, -0.15) is 0 Å². The third-order valence-electron chi connectivity index (χ3n) is 8.09. The number of aromatic nitrogens is 1. The molecule has 0 radical (unpaired) electrons. The van der Waals surface area contributed by atoms with Gasteiger partial charge in [-0.1, -0.05) is 91.0 Å². The van der Waals surface area contributed by atoms with Crippen molar-refractivity contribution < 1.29 is 18.4 Å². The standard InChI is InChI=1S/C36H31F2N3O2/c1-25-30(24-33(26-11-5-2-6-12-26)41(25)32-18-17-29(37)23-31(32)38)35(42)39-19-21-40(22-20-39)36(43)34(27-13-7-3-8-14-27)28-15-9-4-10-16-28/h2-18,23-24,34H,19-22H2,1H3. The van der Waals surface area contributed by atoms with Gasteiger partial charge in [0.2, 0.25) is 5.91 Å². The summed E-state index contributed by atoms with van der Waals surface area (Å²) >= 11 is 0. The normalized spacial score (nSPS) is 13.4. The van der Waals surface area contributed by atoms with E-state index in [2.05, 4.69) is 0 Å². The Morgan fingerprint density at radius 2 is 1.21 bits per heavy atom. The second-order valence-corrected chi connectivity index (χ2v) is 10.7. The Bertz CT molecular complexity index is 1710. The van der Waals surface area contributed by atoms with Gasteiger partial charge in [-0.15, -0.1) is 0 Å². The summed E-state index contributed by atoms with van der Waals surface area (Å²) in [5.41, 5.74) is 4.45. The van der Waals surface area contributed by atoms with Crippen LogP contribution in [0.3, 0.4) is 0 Å². The van der Waals surface area contributed by atoms with E-state index in [-0.39, 0.29) is 17.5 Å². The average Bonchev–Trinajstić information content (AvgIpc) is 3.39. The predicted octanol–water partition coefficient (Wildman–Crippen LogP) is 6.85. The second-order valence-electron chi connectivity index (χ2n) is 10.7. The number of carbonyl (C=O) groups excluding carboxylic acids is 2. The van der Waals surface area contributed by atoms with Crippen molar-refractivity contribution in [3.8, 4) is 16.9 Å². The topological polar surface area (TPSA) is 45.6 Å². The molecule has 1 saturated heterocycles. The number of benzene rings is 4. The molecule has 2 amide bonds. The number of hydrogen-bond acceptors (Lipinski definition) is 2. The van der Waals surface area contributed by atoms with Crippen LogP contribution in [-0.4, -0.2) is 52.4 Å². The quantitative estimate of drug-likeness (QED) is 0.222. The zero-order valence-corrected chi connectivity index (χ0v) is 23.8. The molecule has 0 atom stereocenters. The molecule has 0 N–H and O–H groups in total. The van der Waals surface area contributed by atoms with Gasteiger partial charge in [-0.25, -0.2) is 8.78 Å². The molecule has 0 aliphatic carbocycles. The fourth-order valence-corrected chi connectivity index (χ4v) is 5.87. The summed E-state index contributed by atoms with van der Waals surface area (Å²) < 4.78 is 30.4. The van der Waals surface area contributed by atoms with Crippen LogP contribution in [0.4, 0.5) is 8.78 Å². The van der Waals surface area contributed by atoms with Crippen LogP contribution in [0.2, 0.25) is 0 Å². The van der Waals surface area contributed by atoms with Gasteiger partial charge in [0.15, 0.2) is 0 Å². The molecule has 0 unspecified atom stereocenters. The van der Waals surface area contributed by atoms with Crippen molar-refractivity contribution in [2.75, 3.05) is 26.2 Å². The first-order valence-corrected chi connectivity index (χ1v) is 14.3. The molecule has 43 heavy (non-hydrogen) atoms. The first kappa shape index (κ1) is 28.1. The van der Waals surface area contributed by atoms with Crippen molar-refractivity contribution in [2.45, 2.75) is 12.8 Å². The Labute approximate surface area is 249 Å². The molecule has 4 aromatic carbocycles. The van der Waals surface area contributed by atoms with Gasteiger partial charge in [0.25, 0.3) is 5.91 Å². The van der Waals surface area contributed by atoms with Crippen LogP contribution < -0.4 is 0 Å². The highest BCUT2D eigenvalue weighted by molar-refractivity contribution is 5.97. The molecule has 1 aromatic heterocycles. The minimum absolute atomic E-state index is 0.00461. The Balaban J connectivity index is 1.26. The monoisotopic (exact) mass is 575 g/mol. The van der Waals surface area contributed by atoms with E-state index in [4.69, 9.17) is 0 Å². The van der Waals surface area contributed by atoms with Gasteiger partial charge in [0.1, 0.15) is 11.6 Å². The van der Waals surface area contributed by atoms with Gasteiger partial charge in [0.05, 0.1) is 22.9 Å². The van der Waals surface area contributed by atoms with E-state index < -0.39 is 17.6 Å². The van der Waals surface area contributed by atoms with Crippen LogP contribution in [0, 0.1) is 18.6 Å². The number of hydrogen-bond donors (Lipinski definition) is 0. The Hall–Kier alpha value is -5.04. The van der Waals surface area contributed by atoms with Gasteiger partial charge < -0.3 is 14.4 Å². The third kappa shape index (κ3) is 5.58. The van der Waals surface area contributed by atoms with Gasteiger partial charge in [0, 0.05) is 37.9 Å². The maximum absolute atomic E-state index is 15.0. The van der Waals surface area contributed by atoms with Crippen LogP contribution in [0.1, 0.15) is 33.1 Å². The number of piperazine rings is 1. The molecule has 1 aliphatic rings. The predicted molar refractivity (Wildman–Crippen MR) is 163 cm³/mol. The van der Waals surface area contributed by atoms with Gasteiger partial charge in [-0.05, 0) is 41.8 Å². The fourth-order valence-electron chi connectivity index (χ4n) is 5.87. The number of amides is 2. The molecular weight excluding hydrogens is 544 g/mol. The lowest BCUT2D eigenvalue weighted by Gasteiger charge is -2.36. The SMILES string of the molecule is Cc1c(C(=O)N2CCN(C(=O)C(c3ccccc3)c3ccccc3)CC2)cc(-c2ccccc2)n1-c1ccc(F)cc1F. The molecule has 5 aromatic rings. The molecule has 1 aliphatic heterocycles. The molecule has 2 heterocycles. The first-order valence-electron chi connectivity index (χ1n) is 14.3. The Kier molecular flexibility index (Phi) is 7.88. The van der Waals surface area contributed by atoms with Crippen LogP contribution in [0.25, 0.3) is 16.9 Å². The van der Waals surface area contributed by atoms with Crippen molar-refractivity contribution in [3.05, 3.63) is 149 Å². The number of nitrogens with zero attached hydrogens (tertiary/aromatic N) is 3. The van der Waals surface area contributed by atoms with Crippen molar-refractivity contribution in [3.63, 3.8) is 0 Å². The Morgan fingerprint density at radius 1 is 0.674 bits per heavy atom. The second kappa shape index (κ2) is 12.1. The van der Waals surface area contributed by atoms with E-state index in [9.17, 15) is 14.0 Å². The largest absolute Gasteiger partial charge is 0.338 e. The summed E-state index contributed by atoms with van der Waals surface area (Å²) in [6.45, 7) is 3.32. The van der Waals surface area contributed by atoms with Crippen molar-refractivity contribution in [1.29, 1.82) is 0 Å². The molecule has 0 bridgehead atoms. The molecule has 5 nitrogen and oxygen atoms in total. The van der Waals surface area contributed by atoms with E-state index in [0.29, 0.717) is 43.1 Å². The van der Waals surface area contributed by atoms with Crippen LogP contribution in [0.5, 0.6) is 0 Å². The summed E-state index contributed by atoms with van der Waals surface area (Å²) in [6, 6.07) is 34.1. The molecule has 0 saturated carbocycles. The Morgan fingerprint density at radius 3 is 1.77 bits per heavy atom. The highest BCUT2D eigenvalue weighted by atomic mass is 19.1. The lowest BCUT2D eigenvalue weighted by atomic mass is 9.90. The average molecular weight is 576 g/mol. The maximum Gasteiger partial charge on any atom is 0.255 e. The van der Waals surface area contributed by atoms with Crippen LogP contribution in [-0.2, 0) is 4.79 Å². The van der Waals surface area contributed by atoms with Crippen molar-refractivity contribution in [1.82, 2.24) is 14.4 Å². The minimum atomic E-state index is -0.714. The van der Waals surface area contributed by atoms with E-state index in [1.165, 1.54) is 12.1 Å². The number of carbonyl (C=O) groups is 2. The van der Waals surface area contributed by atoms with Crippen molar-refractivity contribution in [2.24, 2.45) is 0 Å². The third-order valence-corrected chi connectivity index (χ3v) is 8.09. The van der Waals surface area contributed by atoms with Gasteiger partial charge in [-0.3, -0.25) is 9.59 Å². The first-order chi connectivity index (χ1) is 20.9. The summed E-state index contributed by atoms with van der Waals surface area (Å²) in [4.78, 5) is 31.3. The molecule has 7 heteroatoms. The van der Waals surface area contributed by atoms with E-state index in [1.54, 1.807) is 22.5 Å². The minimum Gasteiger partial charge on any atom is -0.338 e. The molecule has 0 spiro atoms. The highest BCUT2D eigenvalue weighted by Gasteiger charge is 2.32. The maximum atomic E-state index is 15.0. The summed E-state index contributed by atoms with van der Waals surface area (Å²) in [5, 5.41) is 0. The summed E-state index contributed by atoms with van der Waals surface area (Å²) in [6.07, 6.45) is 0. The smallest absolute Gasteiger partial charge is 0.255 e. The molecule has 6 rings (SSSR count). The summed E-state index contributed by atoms with van der Waals surface area (Å²) in [7, 11) is 0. The van der Waals surface area contributed by atoms with E-state index in [1.807, 2.05) is 95.9 Å². The lowest BCUT2D eigenvalue weighted by Crippen LogP contribution is -2.51. The molecule has 1 fully saturated rings. The molecular formula is C36H31F2N3O2. The summed E-state index contributed by atoms with van der Waals surface area (Å²) in [5.74, 6) is -2.00. The lowest BCUT2D eigenvalue weighted by molar-refractivity contribution is -0.133. The zero-order valence-electron chi connectivity index (χ0n) is 23.8. The highest BCUT2D eigenvalue weighted by Crippen LogP contribution is 2.32. The van der Waals surface area contributed by atoms with E-state index in [0.717, 1.165) is 22.8 Å². The van der Waals surface area contributed by atoms with Crippen LogP contribution in [0.15, 0.2) is 115 Å². The number of halogens is 2. The van der Waals surface area contributed by atoms with Crippen LogP contribution >= 0.6 is 0 Å².